The Morgan fingerprint density at radius 2 is 2.03 bits per heavy atom. The number of halogens is 1. The van der Waals surface area contributed by atoms with Crippen LogP contribution in [0.2, 0.25) is 5.02 Å². The summed E-state index contributed by atoms with van der Waals surface area (Å²) in [5.74, 6) is 1.66. The summed E-state index contributed by atoms with van der Waals surface area (Å²) in [5.41, 5.74) is 1.78. The first-order chi connectivity index (χ1) is 15.6. The second-order valence-electron chi connectivity index (χ2n) is 7.55. The quantitative estimate of drug-likeness (QED) is 0.483. The molecule has 0 spiro atoms. The molecule has 1 aromatic heterocycles. The molecule has 3 aromatic rings. The van der Waals surface area contributed by atoms with Crippen LogP contribution in [0.3, 0.4) is 0 Å². The molecule has 2 aromatic carbocycles. The van der Waals surface area contributed by atoms with Crippen LogP contribution in [0.15, 0.2) is 53.1 Å². The van der Waals surface area contributed by atoms with Gasteiger partial charge in [0.05, 0.1) is 43.0 Å². The van der Waals surface area contributed by atoms with Crippen LogP contribution in [-0.2, 0) is 11.3 Å². The largest absolute Gasteiger partial charge is 0.497 e. The van der Waals surface area contributed by atoms with Crippen molar-refractivity contribution < 1.29 is 23.5 Å². The van der Waals surface area contributed by atoms with Crippen molar-refractivity contribution >= 4 is 17.5 Å². The van der Waals surface area contributed by atoms with Crippen LogP contribution in [-0.4, -0.2) is 49.4 Å². The van der Waals surface area contributed by atoms with Gasteiger partial charge >= 0.3 is 0 Å². The van der Waals surface area contributed by atoms with E-state index >= 15 is 0 Å². The summed E-state index contributed by atoms with van der Waals surface area (Å²) in [6.45, 7) is 1.43. The van der Waals surface area contributed by atoms with E-state index in [1.165, 1.54) is 0 Å². The number of aromatic nitrogens is 1. The molecule has 1 amide bonds. The van der Waals surface area contributed by atoms with Crippen molar-refractivity contribution in [3.05, 3.63) is 64.8 Å². The van der Waals surface area contributed by atoms with Crippen molar-refractivity contribution in [1.29, 1.82) is 0 Å². The van der Waals surface area contributed by atoms with E-state index in [4.69, 9.17) is 30.3 Å². The lowest BCUT2D eigenvalue weighted by Crippen LogP contribution is -2.37. The Hall–Kier alpha value is -3.03. The zero-order valence-corrected chi connectivity index (χ0v) is 18.8. The fourth-order valence-electron chi connectivity index (χ4n) is 3.77. The Balaban J connectivity index is 1.60. The van der Waals surface area contributed by atoms with Crippen molar-refractivity contribution in [2.75, 3.05) is 27.4 Å². The van der Waals surface area contributed by atoms with Crippen molar-refractivity contribution in [2.24, 2.45) is 0 Å². The molecule has 0 unspecified atom stereocenters. The van der Waals surface area contributed by atoms with Gasteiger partial charge in [0.25, 0.3) is 5.91 Å². The first-order valence-corrected chi connectivity index (χ1v) is 10.8. The minimum absolute atomic E-state index is 0.00807. The number of hydrogen-bond acceptors (Lipinski definition) is 6. The Morgan fingerprint density at radius 3 is 2.75 bits per heavy atom. The Labute approximate surface area is 191 Å². The maximum Gasteiger partial charge on any atom is 0.255 e. The standard InChI is InChI=1S/C24H25ClN2O5/c1-29-17-9-10-22(30-2)20(13-17)23-12-16(26-32-23)14-27(15-18-6-5-11-31-18)24(28)19-7-3-4-8-21(19)25/h3-4,7-10,12-13,18H,5-6,11,14-15H2,1-2H3/t18-/m0/s1. The summed E-state index contributed by atoms with van der Waals surface area (Å²) in [6, 6.07) is 14.3. The molecule has 32 heavy (non-hydrogen) atoms. The number of carbonyl (C=O) groups excluding carboxylic acids is 1. The van der Waals surface area contributed by atoms with Crippen LogP contribution in [0, 0.1) is 0 Å². The zero-order valence-electron chi connectivity index (χ0n) is 18.0. The first kappa shape index (κ1) is 22.2. The molecule has 168 valence electrons. The molecule has 1 saturated heterocycles. The van der Waals surface area contributed by atoms with Gasteiger partial charge in [0.1, 0.15) is 17.2 Å². The van der Waals surface area contributed by atoms with E-state index in [0.29, 0.717) is 52.3 Å². The van der Waals surface area contributed by atoms with Gasteiger partial charge in [0.15, 0.2) is 5.76 Å². The van der Waals surface area contributed by atoms with Crippen molar-refractivity contribution in [2.45, 2.75) is 25.5 Å². The summed E-state index contributed by atoms with van der Waals surface area (Å²) < 4.78 is 22.1. The first-order valence-electron chi connectivity index (χ1n) is 10.4. The van der Waals surface area contributed by atoms with E-state index in [2.05, 4.69) is 5.16 Å². The van der Waals surface area contributed by atoms with Crippen LogP contribution < -0.4 is 9.47 Å². The third-order valence-corrected chi connectivity index (χ3v) is 5.75. The molecule has 1 atom stereocenters. The lowest BCUT2D eigenvalue weighted by Gasteiger charge is -2.25. The number of rotatable bonds is 8. The normalized spacial score (nSPS) is 15.5. The lowest BCUT2D eigenvalue weighted by molar-refractivity contribution is 0.0502. The number of nitrogens with zero attached hydrogens (tertiary/aromatic N) is 2. The van der Waals surface area contributed by atoms with Gasteiger partial charge in [-0.3, -0.25) is 4.79 Å². The molecule has 1 aliphatic heterocycles. The highest BCUT2D eigenvalue weighted by molar-refractivity contribution is 6.33. The molecule has 0 radical (unpaired) electrons. The SMILES string of the molecule is COc1ccc(OC)c(-c2cc(CN(C[C@@H]3CCCO3)C(=O)c3ccccc3Cl)no2)c1. The predicted octanol–water partition coefficient (Wildman–Crippen LogP) is 4.83. The summed E-state index contributed by atoms with van der Waals surface area (Å²) in [5, 5.41) is 4.61. The predicted molar refractivity (Wildman–Crippen MR) is 120 cm³/mol. The summed E-state index contributed by atoms with van der Waals surface area (Å²) in [6.07, 6.45) is 1.89. The minimum Gasteiger partial charge on any atom is -0.497 e. The maximum atomic E-state index is 13.3. The molecule has 0 aliphatic carbocycles. The van der Waals surface area contributed by atoms with Gasteiger partial charge in [0.2, 0.25) is 0 Å². The lowest BCUT2D eigenvalue weighted by atomic mass is 10.1. The van der Waals surface area contributed by atoms with Crippen molar-refractivity contribution in [3.63, 3.8) is 0 Å². The van der Waals surface area contributed by atoms with Gasteiger partial charge in [-0.1, -0.05) is 28.9 Å². The van der Waals surface area contributed by atoms with Gasteiger partial charge in [-0.05, 0) is 43.2 Å². The monoisotopic (exact) mass is 456 g/mol. The van der Waals surface area contributed by atoms with Crippen LogP contribution in [0.4, 0.5) is 0 Å². The fraction of sp³-hybridized carbons (Fsp3) is 0.333. The summed E-state index contributed by atoms with van der Waals surface area (Å²) in [7, 11) is 3.19. The number of benzene rings is 2. The molecule has 2 heterocycles. The zero-order chi connectivity index (χ0) is 22.5. The molecular formula is C24H25ClN2O5. The summed E-state index contributed by atoms with van der Waals surface area (Å²) >= 11 is 6.29. The second kappa shape index (κ2) is 10.1. The van der Waals surface area contributed by atoms with Crippen molar-refractivity contribution in [1.82, 2.24) is 10.1 Å². The smallest absolute Gasteiger partial charge is 0.255 e. The third kappa shape index (κ3) is 4.89. The molecule has 1 fully saturated rings. The van der Waals surface area contributed by atoms with E-state index in [0.717, 1.165) is 12.8 Å². The Morgan fingerprint density at radius 1 is 1.19 bits per heavy atom. The number of ether oxygens (including phenoxy) is 3. The molecule has 1 aliphatic rings. The van der Waals surface area contributed by atoms with Crippen LogP contribution in [0.25, 0.3) is 11.3 Å². The van der Waals surface area contributed by atoms with E-state index in [-0.39, 0.29) is 18.6 Å². The average molecular weight is 457 g/mol. The van der Waals surface area contributed by atoms with Crippen LogP contribution in [0.5, 0.6) is 11.5 Å². The third-order valence-electron chi connectivity index (χ3n) is 5.42. The van der Waals surface area contributed by atoms with Gasteiger partial charge in [0, 0.05) is 19.2 Å². The molecular weight excluding hydrogens is 432 g/mol. The fourth-order valence-corrected chi connectivity index (χ4v) is 3.99. The Kier molecular flexibility index (Phi) is 6.97. The van der Waals surface area contributed by atoms with Gasteiger partial charge in [-0.15, -0.1) is 0 Å². The molecule has 4 rings (SSSR count). The average Bonchev–Trinajstić information content (AvgIpc) is 3.50. The molecule has 0 saturated carbocycles. The van der Waals surface area contributed by atoms with E-state index in [1.807, 2.05) is 12.1 Å². The van der Waals surface area contributed by atoms with Crippen LogP contribution >= 0.6 is 11.6 Å². The molecule has 8 heteroatoms. The number of amides is 1. The van der Waals surface area contributed by atoms with Gasteiger partial charge < -0.3 is 23.6 Å². The summed E-state index contributed by atoms with van der Waals surface area (Å²) in [4.78, 5) is 15.0. The molecule has 0 N–H and O–H groups in total. The number of carbonyl (C=O) groups is 1. The number of hydrogen-bond donors (Lipinski definition) is 0. The molecule has 0 bridgehead atoms. The molecule has 7 nitrogen and oxygen atoms in total. The topological polar surface area (TPSA) is 74.0 Å². The highest BCUT2D eigenvalue weighted by Crippen LogP contribution is 2.34. The van der Waals surface area contributed by atoms with E-state index < -0.39 is 0 Å². The number of methoxy groups -OCH3 is 2. The van der Waals surface area contributed by atoms with Crippen LogP contribution in [0.1, 0.15) is 28.9 Å². The maximum absolute atomic E-state index is 13.3. The van der Waals surface area contributed by atoms with E-state index in [1.54, 1.807) is 55.5 Å². The van der Waals surface area contributed by atoms with Gasteiger partial charge in [-0.2, -0.15) is 0 Å². The Bertz CT molecular complexity index is 1080. The highest BCUT2D eigenvalue weighted by atomic mass is 35.5. The van der Waals surface area contributed by atoms with Gasteiger partial charge in [-0.25, -0.2) is 0 Å². The highest BCUT2D eigenvalue weighted by Gasteiger charge is 2.26. The van der Waals surface area contributed by atoms with Crippen molar-refractivity contribution in [3.8, 4) is 22.8 Å². The van der Waals surface area contributed by atoms with E-state index in [9.17, 15) is 4.79 Å². The second-order valence-corrected chi connectivity index (χ2v) is 7.96. The minimum atomic E-state index is -0.172.